The molecule has 1 aliphatic carbocycles. The molecule has 15 heavy (non-hydrogen) atoms. The number of nitrogens with zero attached hydrogens (tertiary/aromatic N) is 1. The molecule has 0 aromatic heterocycles. The Labute approximate surface area is 94.2 Å². The molecule has 1 rings (SSSR count). The molecule has 0 saturated heterocycles. The van der Waals surface area contributed by atoms with Gasteiger partial charge < -0.3 is 4.90 Å². The molecular weight excluding hydrogens is 182 g/mol. The van der Waals surface area contributed by atoms with E-state index in [1.54, 1.807) is 0 Å². The molecule has 0 saturated carbocycles. The highest BCUT2D eigenvalue weighted by Crippen LogP contribution is 2.14. The fourth-order valence-corrected chi connectivity index (χ4v) is 1.87. The van der Waals surface area contributed by atoms with Crippen molar-refractivity contribution in [3.05, 3.63) is 36.5 Å². The van der Waals surface area contributed by atoms with Crippen molar-refractivity contribution < 1.29 is 0 Å². The summed E-state index contributed by atoms with van der Waals surface area (Å²) in [4.78, 5) is 2.41. The van der Waals surface area contributed by atoms with Crippen molar-refractivity contribution in [2.45, 2.75) is 20.3 Å². The first kappa shape index (κ1) is 12.3. The topological polar surface area (TPSA) is 3.24 Å². The minimum absolute atomic E-state index is 0.595. The predicted octanol–water partition coefficient (Wildman–Crippen LogP) is 3.26. The van der Waals surface area contributed by atoms with Gasteiger partial charge in [-0.3, -0.25) is 0 Å². The van der Waals surface area contributed by atoms with Crippen LogP contribution in [0.5, 0.6) is 0 Å². The van der Waals surface area contributed by atoms with E-state index >= 15 is 0 Å². The number of allylic oxidation sites excluding steroid dienone is 3. The van der Waals surface area contributed by atoms with Crippen LogP contribution >= 0.6 is 0 Å². The average Bonchev–Trinajstić information content (AvgIpc) is 2.18. The van der Waals surface area contributed by atoms with E-state index in [1.807, 2.05) is 0 Å². The summed E-state index contributed by atoms with van der Waals surface area (Å²) in [7, 11) is 2.20. The average molecular weight is 205 g/mol. The Balaban J connectivity index is 2.29. The zero-order valence-corrected chi connectivity index (χ0v) is 10.2. The van der Waals surface area contributed by atoms with Crippen LogP contribution in [-0.4, -0.2) is 25.0 Å². The molecular formula is C14H23N. The molecule has 1 heteroatoms. The SMILES string of the molecule is C=C(C)C(C)CN(C)CC1C=CC=CC1. The van der Waals surface area contributed by atoms with Crippen molar-refractivity contribution in [1.82, 2.24) is 4.90 Å². The normalized spacial score (nSPS) is 22.0. The summed E-state index contributed by atoms with van der Waals surface area (Å²) in [5.41, 5.74) is 1.28. The lowest BCUT2D eigenvalue weighted by Gasteiger charge is -2.25. The number of hydrogen-bond donors (Lipinski definition) is 0. The zero-order valence-electron chi connectivity index (χ0n) is 10.2. The Bertz CT molecular complexity index is 263. The fraction of sp³-hybridized carbons (Fsp3) is 0.571. The molecule has 0 aromatic carbocycles. The van der Waals surface area contributed by atoms with Gasteiger partial charge in [-0.05, 0) is 32.2 Å². The Morgan fingerprint density at radius 3 is 2.80 bits per heavy atom. The van der Waals surface area contributed by atoms with E-state index in [9.17, 15) is 0 Å². The Morgan fingerprint density at radius 1 is 1.53 bits per heavy atom. The van der Waals surface area contributed by atoms with Gasteiger partial charge in [0.1, 0.15) is 0 Å². The van der Waals surface area contributed by atoms with Crippen LogP contribution in [0, 0.1) is 11.8 Å². The molecule has 2 atom stereocenters. The Kier molecular flexibility index (Phi) is 4.83. The minimum atomic E-state index is 0.595. The van der Waals surface area contributed by atoms with E-state index in [2.05, 4.69) is 56.7 Å². The van der Waals surface area contributed by atoms with Crippen LogP contribution < -0.4 is 0 Å². The maximum absolute atomic E-state index is 4.00. The zero-order chi connectivity index (χ0) is 11.3. The van der Waals surface area contributed by atoms with E-state index in [4.69, 9.17) is 0 Å². The predicted molar refractivity (Wildman–Crippen MR) is 67.9 cm³/mol. The monoisotopic (exact) mass is 205 g/mol. The highest BCUT2D eigenvalue weighted by molar-refractivity contribution is 5.11. The molecule has 0 aromatic rings. The minimum Gasteiger partial charge on any atom is -0.305 e. The van der Waals surface area contributed by atoms with Gasteiger partial charge in [0.15, 0.2) is 0 Å². The maximum Gasteiger partial charge on any atom is 0.00446 e. The maximum atomic E-state index is 4.00. The Morgan fingerprint density at radius 2 is 2.27 bits per heavy atom. The first-order chi connectivity index (χ1) is 7.09. The van der Waals surface area contributed by atoms with Crippen molar-refractivity contribution in [3.8, 4) is 0 Å². The summed E-state index contributed by atoms with van der Waals surface area (Å²) in [6, 6.07) is 0. The lowest BCUT2D eigenvalue weighted by atomic mass is 9.99. The molecule has 0 N–H and O–H groups in total. The molecule has 0 aliphatic heterocycles. The summed E-state index contributed by atoms with van der Waals surface area (Å²) in [6.45, 7) is 10.6. The van der Waals surface area contributed by atoms with Crippen LogP contribution in [0.1, 0.15) is 20.3 Å². The van der Waals surface area contributed by atoms with Crippen LogP contribution in [0.2, 0.25) is 0 Å². The highest BCUT2D eigenvalue weighted by atomic mass is 15.1. The van der Waals surface area contributed by atoms with Crippen molar-refractivity contribution >= 4 is 0 Å². The second kappa shape index (κ2) is 5.92. The molecule has 2 unspecified atom stereocenters. The van der Waals surface area contributed by atoms with Gasteiger partial charge in [-0.2, -0.15) is 0 Å². The molecule has 1 nitrogen and oxygen atoms in total. The summed E-state index contributed by atoms with van der Waals surface area (Å²) in [5, 5.41) is 0. The first-order valence-corrected chi connectivity index (χ1v) is 5.77. The molecule has 0 bridgehead atoms. The molecule has 0 fully saturated rings. The van der Waals surface area contributed by atoms with Gasteiger partial charge in [0.05, 0.1) is 0 Å². The van der Waals surface area contributed by atoms with Gasteiger partial charge in [0, 0.05) is 13.1 Å². The van der Waals surface area contributed by atoms with Crippen LogP contribution in [-0.2, 0) is 0 Å². The van der Waals surface area contributed by atoms with E-state index < -0.39 is 0 Å². The van der Waals surface area contributed by atoms with Gasteiger partial charge in [0.2, 0.25) is 0 Å². The van der Waals surface area contributed by atoms with E-state index in [0.29, 0.717) is 11.8 Å². The van der Waals surface area contributed by atoms with Gasteiger partial charge in [0.25, 0.3) is 0 Å². The smallest absolute Gasteiger partial charge is 0.00446 e. The molecule has 1 aliphatic rings. The highest BCUT2D eigenvalue weighted by Gasteiger charge is 2.11. The second-order valence-electron chi connectivity index (χ2n) is 4.78. The van der Waals surface area contributed by atoms with Crippen molar-refractivity contribution in [2.24, 2.45) is 11.8 Å². The largest absolute Gasteiger partial charge is 0.305 e. The number of hydrogen-bond acceptors (Lipinski definition) is 1. The molecule has 84 valence electrons. The third-order valence-electron chi connectivity index (χ3n) is 3.04. The molecule has 0 spiro atoms. The van der Waals surface area contributed by atoms with Crippen LogP contribution in [0.3, 0.4) is 0 Å². The van der Waals surface area contributed by atoms with Gasteiger partial charge >= 0.3 is 0 Å². The van der Waals surface area contributed by atoms with Crippen molar-refractivity contribution in [3.63, 3.8) is 0 Å². The van der Waals surface area contributed by atoms with Crippen molar-refractivity contribution in [2.75, 3.05) is 20.1 Å². The van der Waals surface area contributed by atoms with Crippen LogP contribution in [0.25, 0.3) is 0 Å². The van der Waals surface area contributed by atoms with Gasteiger partial charge in [-0.1, -0.05) is 43.4 Å². The van der Waals surface area contributed by atoms with Crippen molar-refractivity contribution in [1.29, 1.82) is 0 Å². The lowest BCUT2D eigenvalue weighted by molar-refractivity contribution is 0.274. The Hall–Kier alpha value is -0.820. The quantitative estimate of drug-likeness (QED) is 0.623. The van der Waals surface area contributed by atoms with Gasteiger partial charge in [-0.25, -0.2) is 0 Å². The van der Waals surface area contributed by atoms with Crippen LogP contribution in [0.15, 0.2) is 36.5 Å². The van der Waals surface area contributed by atoms with Gasteiger partial charge in [-0.15, -0.1) is 0 Å². The summed E-state index contributed by atoms with van der Waals surface area (Å²) in [6.07, 6.45) is 10.0. The third kappa shape index (κ3) is 4.48. The summed E-state index contributed by atoms with van der Waals surface area (Å²) >= 11 is 0. The van der Waals surface area contributed by atoms with Crippen LogP contribution in [0.4, 0.5) is 0 Å². The number of rotatable bonds is 5. The fourth-order valence-electron chi connectivity index (χ4n) is 1.87. The summed E-state index contributed by atoms with van der Waals surface area (Å²) in [5.74, 6) is 1.29. The van der Waals surface area contributed by atoms with E-state index in [-0.39, 0.29) is 0 Å². The molecule has 0 amide bonds. The molecule has 0 radical (unpaired) electrons. The first-order valence-electron chi connectivity index (χ1n) is 5.77. The second-order valence-corrected chi connectivity index (χ2v) is 4.78. The third-order valence-corrected chi connectivity index (χ3v) is 3.04. The molecule has 0 heterocycles. The summed E-state index contributed by atoms with van der Waals surface area (Å²) < 4.78 is 0. The van der Waals surface area contributed by atoms with E-state index in [0.717, 1.165) is 13.1 Å². The van der Waals surface area contributed by atoms with E-state index in [1.165, 1.54) is 12.0 Å². The lowest BCUT2D eigenvalue weighted by Crippen LogP contribution is -2.29. The standard InChI is InChI=1S/C14H23N/c1-12(2)13(3)10-15(4)11-14-8-6-5-7-9-14/h5-8,13-14H,1,9-11H2,2-4H3.